The van der Waals surface area contributed by atoms with Crippen LogP contribution in [0.15, 0.2) is 36.4 Å². The van der Waals surface area contributed by atoms with Gasteiger partial charge >= 0.3 is 0 Å². The molecule has 0 saturated carbocycles. The van der Waals surface area contributed by atoms with Crippen LogP contribution < -0.4 is 5.32 Å². The van der Waals surface area contributed by atoms with Crippen molar-refractivity contribution in [2.24, 2.45) is 5.41 Å². The van der Waals surface area contributed by atoms with Crippen molar-refractivity contribution in [3.63, 3.8) is 0 Å². The van der Waals surface area contributed by atoms with Crippen LogP contribution in [0.5, 0.6) is 0 Å². The van der Waals surface area contributed by atoms with Gasteiger partial charge in [0.05, 0.1) is 0 Å². The molecule has 2 aromatic carbocycles. The number of hydrogen-bond donors (Lipinski definition) is 1. The first-order valence-electron chi connectivity index (χ1n) is 7.15. The van der Waals surface area contributed by atoms with E-state index in [1.165, 1.54) is 28.3 Å². The van der Waals surface area contributed by atoms with E-state index >= 15 is 0 Å². The predicted molar refractivity (Wildman–Crippen MR) is 84.7 cm³/mol. The molecule has 0 spiro atoms. The van der Waals surface area contributed by atoms with Gasteiger partial charge in [-0.25, -0.2) is 0 Å². The van der Waals surface area contributed by atoms with E-state index in [9.17, 15) is 0 Å². The van der Waals surface area contributed by atoms with Gasteiger partial charge in [-0.2, -0.15) is 0 Å². The van der Waals surface area contributed by atoms with Crippen molar-refractivity contribution in [2.45, 2.75) is 33.6 Å². The van der Waals surface area contributed by atoms with Crippen LogP contribution >= 0.6 is 0 Å². The van der Waals surface area contributed by atoms with Crippen molar-refractivity contribution in [1.29, 1.82) is 0 Å². The zero-order valence-electron chi connectivity index (χ0n) is 12.6. The Hall–Kier alpha value is -1.34. The van der Waals surface area contributed by atoms with Gasteiger partial charge in [-0.15, -0.1) is 0 Å². The maximum Gasteiger partial charge on any atom is -0.0000373 e. The van der Waals surface area contributed by atoms with E-state index < -0.39 is 0 Å². The van der Waals surface area contributed by atoms with Gasteiger partial charge in [0.2, 0.25) is 0 Å². The fourth-order valence-corrected chi connectivity index (χ4v) is 2.81. The average Bonchev–Trinajstić information content (AvgIpc) is 2.37. The molecule has 2 rings (SSSR count). The Balaban J connectivity index is 2.27. The van der Waals surface area contributed by atoms with Gasteiger partial charge in [-0.05, 0) is 60.7 Å². The van der Waals surface area contributed by atoms with Gasteiger partial charge in [-0.3, -0.25) is 0 Å². The summed E-state index contributed by atoms with van der Waals surface area (Å²) in [7, 11) is 2.03. The molecule has 1 heteroatoms. The van der Waals surface area contributed by atoms with Crippen molar-refractivity contribution in [2.75, 3.05) is 13.6 Å². The molecule has 1 nitrogen and oxygen atoms in total. The topological polar surface area (TPSA) is 12.0 Å². The quantitative estimate of drug-likeness (QED) is 0.838. The lowest BCUT2D eigenvalue weighted by atomic mass is 9.84. The van der Waals surface area contributed by atoms with Gasteiger partial charge in [0, 0.05) is 0 Å². The Labute approximate surface area is 117 Å². The summed E-state index contributed by atoms with van der Waals surface area (Å²) >= 11 is 0. The van der Waals surface area contributed by atoms with E-state index in [2.05, 4.69) is 62.5 Å². The third-order valence-corrected chi connectivity index (χ3v) is 3.98. The SMILES string of the molecule is CNCC(C)(C)CCc1c(C)ccc2ccccc12. The first-order chi connectivity index (χ1) is 9.03. The van der Waals surface area contributed by atoms with Crippen LogP contribution in [0, 0.1) is 12.3 Å². The second-order valence-electron chi connectivity index (χ2n) is 6.28. The van der Waals surface area contributed by atoms with Gasteiger partial charge in [-0.1, -0.05) is 50.2 Å². The van der Waals surface area contributed by atoms with E-state index in [0.717, 1.165) is 13.0 Å². The van der Waals surface area contributed by atoms with Gasteiger partial charge in [0.25, 0.3) is 0 Å². The molecule has 0 aliphatic carbocycles. The summed E-state index contributed by atoms with van der Waals surface area (Å²) in [5.74, 6) is 0. The zero-order chi connectivity index (χ0) is 13.9. The molecule has 0 saturated heterocycles. The van der Waals surface area contributed by atoms with Crippen molar-refractivity contribution < 1.29 is 0 Å². The van der Waals surface area contributed by atoms with Gasteiger partial charge in [0.15, 0.2) is 0 Å². The van der Waals surface area contributed by atoms with E-state index in [1.54, 1.807) is 0 Å². The largest absolute Gasteiger partial charge is 0.319 e. The average molecular weight is 255 g/mol. The monoisotopic (exact) mass is 255 g/mol. The lowest BCUT2D eigenvalue weighted by molar-refractivity contribution is 0.324. The minimum Gasteiger partial charge on any atom is -0.319 e. The van der Waals surface area contributed by atoms with Gasteiger partial charge in [0.1, 0.15) is 0 Å². The number of benzene rings is 2. The van der Waals surface area contributed by atoms with Crippen molar-refractivity contribution >= 4 is 10.8 Å². The third-order valence-electron chi connectivity index (χ3n) is 3.98. The van der Waals surface area contributed by atoms with Crippen LogP contribution in [0.4, 0.5) is 0 Å². The normalized spacial score (nSPS) is 12.0. The summed E-state index contributed by atoms with van der Waals surface area (Å²) in [6.45, 7) is 7.97. The molecule has 0 aromatic heterocycles. The van der Waals surface area contributed by atoms with Crippen molar-refractivity contribution in [1.82, 2.24) is 5.32 Å². The summed E-state index contributed by atoms with van der Waals surface area (Å²) in [4.78, 5) is 0. The second-order valence-corrected chi connectivity index (χ2v) is 6.28. The van der Waals surface area contributed by atoms with Crippen molar-refractivity contribution in [3.8, 4) is 0 Å². The van der Waals surface area contributed by atoms with Crippen LogP contribution in [0.1, 0.15) is 31.4 Å². The molecule has 0 bridgehead atoms. The Bertz CT molecular complexity index is 555. The molecule has 2 aromatic rings. The van der Waals surface area contributed by atoms with E-state index in [4.69, 9.17) is 0 Å². The lowest BCUT2D eigenvalue weighted by Gasteiger charge is -2.25. The van der Waals surface area contributed by atoms with Crippen LogP contribution in [-0.4, -0.2) is 13.6 Å². The molecule has 0 atom stereocenters. The molecule has 0 aliphatic heterocycles. The first-order valence-corrected chi connectivity index (χ1v) is 7.15. The summed E-state index contributed by atoms with van der Waals surface area (Å²) in [5, 5.41) is 6.07. The highest BCUT2D eigenvalue weighted by molar-refractivity contribution is 5.86. The summed E-state index contributed by atoms with van der Waals surface area (Å²) in [6, 6.07) is 13.2. The minimum atomic E-state index is 0.345. The number of nitrogens with one attached hydrogen (secondary N) is 1. The smallest absolute Gasteiger partial charge is 0.0000373 e. The van der Waals surface area contributed by atoms with Gasteiger partial charge < -0.3 is 5.32 Å². The molecule has 0 amide bonds. The number of hydrogen-bond acceptors (Lipinski definition) is 1. The third kappa shape index (κ3) is 3.36. The standard InChI is InChI=1S/C18H25N/c1-14-9-10-15-7-5-6-8-17(15)16(14)11-12-18(2,3)13-19-4/h5-10,19H,11-13H2,1-4H3. The zero-order valence-corrected chi connectivity index (χ0v) is 12.6. The highest BCUT2D eigenvalue weighted by Crippen LogP contribution is 2.28. The molecule has 0 unspecified atom stereocenters. The molecule has 0 radical (unpaired) electrons. The number of aryl methyl sites for hydroxylation is 2. The maximum atomic E-state index is 3.30. The molecule has 0 fully saturated rings. The predicted octanol–water partition coefficient (Wildman–Crippen LogP) is 4.33. The molecular weight excluding hydrogens is 230 g/mol. The number of rotatable bonds is 5. The van der Waals surface area contributed by atoms with Crippen LogP contribution in [-0.2, 0) is 6.42 Å². The Morgan fingerprint density at radius 1 is 1.05 bits per heavy atom. The van der Waals surface area contributed by atoms with E-state index in [1.807, 2.05) is 7.05 Å². The molecule has 0 aliphatic rings. The minimum absolute atomic E-state index is 0.345. The summed E-state index contributed by atoms with van der Waals surface area (Å²) in [5.41, 5.74) is 3.28. The van der Waals surface area contributed by atoms with Crippen LogP contribution in [0.3, 0.4) is 0 Å². The second kappa shape index (κ2) is 5.75. The molecule has 19 heavy (non-hydrogen) atoms. The lowest BCUT2D eigenvalue weighted by Crippen LogP contribution is -2.27. The fraction of sp³-hybridized carbons (Fsp3) is 0.444. The number of fused-ring (bicyclic) bond motifs is 1. The first kappa shape index (κ1) is 14.1. The van der Waals surface area contributed by atoms with Crippen LogP contribution in [0.2, 0.25) is 0 Å². The van der Waals surface area contributed by atoms with Crippen LogP contribution in [0.25, 0.3) is 10.8 Å². The molecular formula is C18H25N. The summed E-state index contributed by atoms with van der Waals surface area (Å²) < 4.78 is 0. The van der Waals surface area contributed by atoms with E-state index in [-0.39, 0.29) is 0 Å². The highest BCUT2D eigenvalue weighted by Gasteiger charge is 2.17. The molecule has 102 valence electrons. The Morgan fingerprint density at radius 3 is 2.53 bits per heavy atom. The Morgan fingerprint density at radius 2 is 1.79 bits per heavy atom. The molecule has 1 N–H and O–H groups in total. The molecule has 0 heterocycles. The van der Waals surface area contributed by atoms with Crippen molar-refractivity contribution in [3.05, 3.63) is 47.5 Å². The van der Waals surface area contributed by atoms with E-state index in [0.29, 0.717) is 5.41 Å². The highest BCUT2D eigenvalue weighted by atomic mass is 14.8. The Kier molecular flexibility index (Phi) is 4.26. The summed E-state index contributed by atoms with van der Waals surface area (Å²) in [6.07, 6.45) is 2.37. The maximum absolute atomic E-state index is 3.30. The fourth-order valence-electron chi connectivity index (χ4n) is 2.81.